The molecule has 1 aromatic heterocycles. The lowest BCUT2D eigenvalue weighted by Crippen LogP contribution is -2.14. The molecule has 4 nitrogen and oxygen atoms in total. The number of hydrogen-bond acceptors (Lipinski definition) is 3. The fourth-order valence-corrected chi connectivity index (χ4v) is 3.46. The zero-order chi connectivity index (χ0) is 19.6. The topological polar surface area (TPSA) is 55.1 Å². The van der Waals surface area contributed by atoms with E-state index in [1.54, 1.807) is 0 Å². The molecular formula is C25H18N2O2. The molecule has 0 unspecified atom stereocenters. The van der Waals surface area contributed by atoms with Gasteiger partial charge in [0.05, 0.1) is 6.42 Å². The Hall–Kier alpha value is -3.92. The van der Waals surface area contributed by atoms with Crippen LogP contribution in [0, 0.1) is 0 Å². The lowest BCUT2D eigenvalue weighted by atomic mass is 10.0. The van der Waals surface area contributed by atoms with Gasteiger partial charge in [0.1, 0.15) is 5.52 Å². The Morgan fingerprint density at radius 1 is 0.828 bits per heavy atom. The highest BCUT2D eigenvalue weighted by Crippen LogP contribution is 2.26. The molecule has 0 bridgehead atoms. The summed E-state index contributed by atoms with van der Waals surface area (Å²) >= 11 is 0. The second kappa shape index (κ2) is 7.24. The Morgan fingerprint density at radius 3 is 2.55 bits per heavy atom. The number of carbonyl (C=O) groups excluding carboxylic acids is 1. The van der Waals surface area contributed by atoms with Crippen LogP contribution in [0.15, 0.2) is 95.4 Å². The van der Waals surface area contributed by atoms with Crippen molar-refractivity contribution in [2.45, 2.75) is 6.42 Å². The Morgan fingerprint density at radius 2 is 1.66 bits per heavy atom. The van der Waals surface area contributed by atoms with Crippen LogP contribution in [0.4, 0.5) is 5.69 Å². The molecule has 0 saturated carbocycles. The second-order valence-electron chi connectivity index (χ2n) is 6.97. The largest absolute Gasteiger partial charge is 0.436 e. The standard InChI is InChI=1S/C25H18N2O2/c28-24(15-17-12-13-18-6-1-2-7-19(18)14-17)26-21-9-5-8-20(16-21)25-27-22-10-3-4-11-23(22)29-25/h1-14,16H,15H2,(H,26,28). The average molecular weight is 378 g/mol. The third-order valence-electron chi connectivity index (χ3n) is 4.87. The van der Waals surface area contributed by atoms with E-state index in [4.69, 9.17) is 4.42 Å². The van der Waals surface area contributed by atoms with Crippen molar-refractivity contribution in [2.75, 3.05) is 5.32 Å². The van der Waals surface area contributed by atoms with Crippen LogP contribution in [0.5, 0.6) is 0 Å². The molecule has 0 aliphatic rings. The molecule has 5 rings (SSSR count). The molecule has 29 heavy (non-hydrogen) atoms. The minimum Gasteiger partial charge on any atom is -0.436 e. The van der Waals surface area contributed by atoms with Gasteiger partial charge in [-0.05, 0) is 46.7 Å². The van der Waals surface area contributed by atoms with Gasteiger partial charge in [-0.25, -0.2) is 4.98 Å². The molecule has 0 fully saturated rings. The molecule has 0 saturated heterocycles. The zero-order valence-corrected chi connectivity index (χ0v) is 15.6. The number of rotatable bonds is 4. The van der Waals surface area contributed by atoms with Gasteiger partial charge in [-0.2, -0.15) is 0 Å². The first kappa shape index (κ1) is 17.2. The van der Waals surface area contributed by atoms with E-state index in [1.807, 2.05) is 72.8 Å². The zero-order valence-electron chi connectivity index (χ0n) is 15.6. The van der Waals surface area contributed by atoms with Gasteiger partial charge in [0.2, 0.25) is 11.8 Å². The molecule has 140 valence electrons. The summed E-state index contributed by atoms with van der Waals surface area (Å²) in [6.07, 6.45) is 0.317. The summed E-state index contributed by atoms with van der Waals surface area (Å²) in [6.45, 7) is 0. The average Bonchev–Trinajstić information content (AvgIpc) is 3.18. The molecule has 0 aliphatic carbocycles. The highest BCUT2D eigenvalue weighted by Gasteiger charge is 2.10. The number of carbonyl (C=O) groups is 1. The third-order valence-corrected chi connectivity index (χ3v) is 4.87. The van der Waals surface area contributed by atoms with Crippen LogP contribution in [0.2, 0.25) is 0 Å². The first-order valence-electron chi connectivity index (χ1n) is 9.48. The maximum atomic E-state index is 12.6. The smallest absolute Gasteiger partial charge is 0.228 e. The highest BCUT2D eigenvalue weighted by atomic mass is 16.3. The van der Waals surface area contributed by atoms with Crippen molar-refractivity contribution in [3.05, 3.63) is 96.6 Å². The quantitative estimate of drug-likeness (QED) is 0.428. The number of aromatic nitrogens is 1. The normalized spacial score (nSPS) is 11.0. The van der Waals surface area contributed by atoms with Crippen molar-refractivity contribution in [3.8, 4) is 11.5 Å². The summed E-state index contributed by atoms with van der Waals surface area (Å²) in [6, 6.07) is 29.4. The van der Waals surface area contributed by atoms with E-state index in [-0.39, 0.29) is 5.91 Å². The van der Waals surface area contributed by atoms with Gasteiger partial charge in [0.25, 0.3) is 0 Å². The lowest BCUT2D eigenvalue weighted by Gasteiger charge is -2.07. The number of benzene rings is 4. The van der Waals surface area contributed by atoms with Crippen LogP contribution in [0.3, 0.4) is 0 Å². The van der Waals surface area contributed by atoms with Gasteiger partial charge in [0.15, 0.2) is 5.58 Å². The number of anilines is 1. The Kier molecular flexibility index (Phi) is 4.30. The first-order valence-corrected chi connectivity index (χ1v) is 9.48. The van der Waals surface area contributed by atoms with E-state index in [2.05, 4.69) is 28.5 Å². The maximum absolute atomic E-state index is 12.6. The van der Waals surface area contributed by atoms with Crippen molar-refractivity contribution in [2.24, 2.45) is 0 Å². The SMILES string of the molecule is O=C(Cc1ccc2ccccc2c1)Nc1cccc(-c2nc3ccccc3o2)c1. The molecular weight excluding hydrogens is 360 g/mol. The molecule has 4 heteroatoms. The Balaban J connectivity index is 1.34. The van der Waals surface area contributed by atoms with Crippen LogP contribution < -0.4 is 5.32 Å². The van der Waals surface area contributed by atoms with E-state index in [0.717, 1.165) is 33.3 Å². The first-order chi connectivity index (χ1) is 14.2. The summed E-state index contributed by atoms with van der Waals surface area (Å²) in [5.74, 6) is 0.479. The molecule has 0 radical (unpaired) electrons. The van der Waals surface area contributed by atoms with Gasteiger partial charge in [-0.3, -0.25) is 4.79 Å². The number of para-hydroxylation sites is 2. The molecule has 5 aromatic rings. The Bertz CT molecular complexity index is 1300. The molecule has 1 amide bonds. The summed E-state index contributed by atoms with van der Waals surface area (Å²) in [7, 11) is 0. The monoisotopic (exact) mass is 378 g/mol. The molecule has 0 aliphatic heterocycles. The number of nitrogens with zero attached hydrogens (tertiary/aromatic N) is 1. The predicted octanol–water partition coefficient (Wildman–Crippen LogP) is 5.83. The molecule has 0 spiro atoms. The number of oxazole rings is 1. The van der Waals surface area contributed by atoms with E-state index in [9.17, 15) is 4.79 Å². The second-order valence-corrected chi connectivity index (χ2v) is 6.97. The summed E-state index contributed by atoms with van der Waals surface area (Å²) in [5.41, 5.74) is 4.08. The summed E-state index contributed by atoms with van der Waals surface area (Å²) in [4.78, 5) is 17.1. The molecule has 4 aromatic carbocycles. The van der Waals surface area contributed by atoms with Gasteiger partial charge in [-0.15, -0.1) is 0 Å². The fourth-order valence-electron chi connectivity index (χ4n) is 3.46. The minimum absolute atomic E-state index is 0.0602. The van der Waals surface area contributed by atoms with E-state index >= 15 is 0 Å². The van der Waals surface area contributed by atoms with Crippen LogP contribution in [0.25, 0.3) is 33.3 Å². The van der Waals surface area contributed by atoms with E-state index in [1.165, 1.54) is 5.39 Å². The predicted molar refractivity (Wildman–Crippen MR) is 116 cm³/mol. The van der Waals surface area contributed by atoms with Gasteiger partial charge in [0, 0.05) is 11.3 Å². The van der Waals surface area contributed by atoms with Crippen LogP contribution in [0.1, 0.15) is 5.56 Å². The highest BCUT2D eigenvalue weighted by molar-refractivity contribution is 5.94. The summed E-state index contributed by atoms with van der Waals surface area (Å²) in [5, 5.41) is 5.28. The number of fused-ring (bicyclic) bond motifs is 2. The fraction of sp³-hybridized carbons (Fsp3) is 0.0400. The van der Waals surface area contributed by atoms with Crippen LogP contribution >= 0.6 is 0 Å². The Labute approximate surface area is 167 Å². The van der Waals surface area contributed by atoms with Gasteiger partial charge in [-0.1, -0.05) is 60.7 Å². The number of amides is 1. The third kappa shape index (κ3) is 3.60. The number of hydrogen-bond donors (Lipinski definition) is 1. The van der Waals surface area contributed by atoms with Gasteiger partial charge >= 0.3 is 0 Å². The van der Waals surface area contributed by atoms with Crippen LogP contribution in [-0.4, -0.2) is 10.9 Å². The van der Waals surface area contributed by atoms with Crippen molar-refractivity contribution in [1.82, 2.24) is 4.98 Å². The van der Waals surface area contributed by atoms with Crippen molar-refractivity contribution < 1.29 is 9.21 Å². The minimum atomic E-state index is -0.0602. The molecule has 1 N–H and O–H groups in total. The van der Waals surface area contributed by atoms with E-state index in [0.29, 0.717) is 12.3 Å². The van der Waals surface area contributed by atoms with Crippen molar-refractivity contribution in [1.29, 1.82) is 0 Å². The number of nitrogens with one attached hydrogen (secondary N) is 1. The molecule has 0 atom stereocenters. The van der Waals surface area contributed by atoms with Crippen molar-refractivity contribution in [3.63, 3.8) is 0 Å². The van der Waals surface area contributed by atoms with Crippen LogP contribution in [-0.2, 0) is 11.2 Å². The summed E-state index contributed by atoms with van der Waals surface area (Å²) < 4.78 is 5.83. The maximum Gasteiger partial charge on any atom is 0.228 e. The van der Waals surface area contributed by atoms with Crippen molar-refractivity contribution >= 4 is 33.5 Å². The van der Waals surface area contributed by atoms with Gasteiger partial charge < -0.3 is 9.73 Å². The van der Waals surface area contributed by atoms with E-state index < -0.39 is 0 Å². The lowest BCUT2D eigenvalue weighted by molar-refractivity contribution is -0.115. The molecule has 1 heterocycles.